The Kier molecular flexibility index (Phi) is 6.44. The third-order valence-corrected chi connectivity index (χ3v) is 6.33. The summed E-state index contributed by atoms with van der Waals surface area (Å²) >= 11 is 1.94. The van der Waals surface area contributed by atoms with E-state index in [1.807, 2.05) is 11.8 Å². The van der Waals surface area contributed by atoms with Crippen molar-refractivity contribution in [1.82, 2.24) is 10.2 Å². The average molecular weight is 348 g/mol. The highest BCUT2D eigenvalue weighted by Gasteiger charge is 2.25. The summed E-state index contributed by atoms with van der Waals surface area (Å²) in [4.78, 5) is 18.4. The van der Waals surface area contributed by atoms with Gasteiger partial charge in [-0.15, -0.1) is 11.8 Å². The first-order valence-corrected chi connectivity index (χ1v) is 10.1. The molecule has 1 amide bonds. The van der Waals surface area contributed by atoms with Gasteiger partial charge in [0.15, 0.2) is 0 Å². The number of thioether (sulfide) groups is 1. The van der Waals surface area contributed by atoms with Gasteiger partial charge in [0.05, 0.1) is 12.2 Å². The predicted molar refractivity (Wildman–Crippen MR) is 102 cm³/mol. The number of hydrogen-bond donors (Lipinski definition) is 1. The topological polar surface area (TPSA) is 35.6 Å². The van der Waals surface area contributed by atoms with Crippen molar-refractivity contribution in [2.75, 3.05) is 44.2 Å². The van der Waals surface area contributed by atoms with Gasteiger partial charge in [-0.2, -0.15) is 0 Å². The Morgan fingerprint density at radius 1 is 1.25 bits per heavy atom. The van der Waals surface area contributed by atoms with Crippen molar-refractivity contribution in [3.8, 4) is 0 Å². The van der Waals surface area contributed by atoms with Gasteiger partial charge in [-0.3, -0.25) is 4.79 Å². The second kappa shape index (κ2) is 8.77. The van der Waals surface area contributed by atoms with Gasteiger partial charge in [-0.05, 0) is 44.5 Å². The molecule has 1 saturated heterocycles. The highest BCUT2D eigenvalue weighted by atomic mass is 32.2. The van der Waals surface area contributed by atoms with Crippen LogP contribution in [0.5, 0.6) is 0 Å². The van der Waals surface area contributed by atoms with Crippen molar-refractivity contribution in [3.05, 3.63) is 24.3 Å². The van der Waals surface area contributed by atoms with Gasteiger partial charge in [-0.1, -0.05) is 25.5 Å². The summed E-state index contributed by atoms with van der Waals surface area (Å²) in [6.07, 6.45) is 5.09. The molecule has 2 aliphatic rings. The SMILES string of the molecule is CC[C@H]1CN(CC(=O)NCCN2CCCCC2)c2ccccc2S1. The first-order valence-electron chi connectivity index (χ1n) is 9.26. The molecule has 1 N–H and O–H groups in total. The first-order chi connectivity index (χ1) is 11.8. The molecule has 24 heavy (non-hydrogen) atoms. The van der Waals surface area contributed by atoms with E-state index in [4.69, 9.17) is 0 Å². The first kappa shape index (κ1) is 17.6. The fourth-order valence-electron chi connectivity index (χ4n) is 3.51. The van der Waals surface area contributed by atoms with Crippen LogP contribution in [0, 0.1) is 0 Å². The fourth-order valence-corrected chi connectivity index (χ4v) is 4.76. The molecular formula is C19H29N3OS. The minimum atomic E-state index is 0.142. The number of carbonyl (C=O) groups excluding carboxylic acids is 1. The standard InChI is InChI=1S/C19H29N3OS/c1-2-16-14-22(17-8-4-5-9-18(17)24-16)15-19(23)20-10-13-21-11-6-3-7-12-21/h4-5,8-9,16H,2-3,6-7,10-15H2,1H3,(H,20,23)/t16-/m0/s1. The van der Waals surface area contributed by atoms with Crippen molar-refractivity contribution in [2.45, 2.75) is 42.8 Å². The van der Waals surface area contributed by atoms with Crippen LogP contribution >= 0.6 is 11.8 Å². The van der Waals surface area contributed by atoms with Crippen LogP contribution in [0.2, 0.25) is 0 Å². The smallest absolute Gasteiger partial charge is 0.239 e. The lowest BCUT2D eigenvalue weighted by molar-refractivity contribution is -0.119. The van der Waals surface area contributed by atoms with E-state index in [0.717, 1.165) is 26.1 Å². The van der Waals surface area contributed by atoms with Crippen molar-refractivity contribution < 1.29 is 4.79 Å². The molecule has 5 heteroatoms. The largest absolute Gasteiger partial charge is 0.360 e. The van der Waals surface area contributed by atoms with Gasteiger partial charge in [0.2, 0.25) is 5.91 Å². The predicted octanol–water partition coefficient (Wildman–Crippen LogP) is 2.98. The molecule has 3 rings (SSSR count). The van der Waals surface area contributed by atoms with Crippen LogP contribution in [-0.2, 0) is 4.79 Å². The maximum Gasteiger partial charge on any atom is 0.239 e. The summed E-state index contributed by atoms with van der Waals surface area (Å²) in [6.45, 7) is 7.76. The third kappa shape index (κ3) is 4.67. The summed E-state index contributed by atoms with van der Waals surface area (Å²) in [6, 6.07) is 8.45. The van der Waals surface area contributed by atoms with Crippen molar-refractivity contribution in [3.63, 3.8) is 0 Å². The van der Waals surface area contributed by atoms with Crippen LogP contribution in [-0.4, -0.2) is 55.3 Å². The van der Waals surface area contributed by atoms with E-state index in [9.17, 15) is 4.79 Å². The van der Waals surface area contributed by atoms with Crippen LogP contribution in [0.15, 0.2) is 29.2 Å². The summed E-state index contributed by atoms with van der Waals surface area (Å²) in [5.74, 6) is 0.142. The van der Waals surface area contributed by atoms with Gasteiger partial charge in [0.1, 0.15) is 0 Å². The summed E-state index contributed by atoms with van der Waals surface area (Å²) in [5.41, 5.74) is 1.21. The van der Waals surface area contributed by atoms with E-state index in [1.165, 1.54) is 42.9 Å². The Balaban J connectivity index is 1.50. The molecule has 0 bridgehead atoms. The number of fused-ring (bicyclic) bond motifs is 1. The maximum absolute atomic E-state index is 12.4. The van der Waals surface area contributed by atoms with Crippen LogP contribution in [0.25, 0.3) is 0 Å². The molecule has 0 aliphatic carbocycles. The lowest BCUT2D eigenvalue weighted by atomic mass is 10.1. The molecule has 2 heterocycles. The van der Waals surface area contributed by atoms with Crippen LogP contribution < -0.4 is 10.2 Å². The number of rotatable bonds is 6. The number of hydrogen-bond acceptors (Lipinski definition) is 4. The second-order valence-corrected chi connectivity index (χ2v) is 8.09. The molecule has 1 atom stereocenters. The fraction of sp³-hybridized carbons (Fsp3) is 0.632. The minimum absolute atomic E-state index is 0.142. The summed E-state index contributed by atoms with van der Waals surface area (Å²) in [5, 5.41) is 3.68. The van der Waals surface area contributed by atoms with Gasteiger partial charge < -0.3 is 15.1 Å². The number of likely N-dealkylation sites (tertiary alicyclic amines) is 1. The molecule has 0 saturated carbocycles. The molecule has 0 unspecified atom stereocenters. The van der Waals surface area contributed by atoms with E-state index in [0.29, 0.717) is 11.8 Å². The molecule has 2 aliphatic heterocycles. The zero-order valence-electron chi connectivity index (χ0n) is 14.7. The monoisotopic (exact) mass is 347 g/mol. The molecule has 0 spiro atoms. The molecule has 4 nitrogen and oxygen atoms in total. The second-order valence-electron chi connectivity index (χ2n) is 6.75. The average Bonchev–Trinajstić information content (AvgIpc) is 2.62. The van der Waals surface area contributed by atoms with Gasteiger partial charge in [-0.25, -0.2) is 0 Å². The highest BCUT2D eigenvalue weighted by Crippen LogP contribution is 2.39. The lowest BCUT2D eigenvalue weighted by Crippen LogP contribution is -2.44. The van der Waals surface area contributed by atoms with Crippen LogP contribution in [0.4, 0.5) is 5.69 Å². The minimum Gasteiger partial charge on any atom is -0.360 e. The lowest BCUT2D eigenvalue weighted by Gasteiger charge is -2.35. The number of nitrogens with zero attached hydrogens (tertiary/aromatic N) is 2. The number of anilines is 1. The normalized spacial score (nSPS) is 21.4. The summed E-state index contributed by atoms with van der Waals surface area (Å²) in [7, 11) is 0. The Morgan fingerprint density at radius 2 is 2.04 bits per heavy atom. The Bertz CT molecular complexity index is 545. The van der Waals surface area contributed by atoms with Crippen molar-refractivity contribution in [2.24, 2.45) is 0 Å². The van der Waals surface area contributed by atoms with E-state index >= 15 is 0 Å². The van der Waals surface area contributed by atoms with Crippen molar-refractivity contribution in [1.29, 1.82) is 0 Å². The highest BCUT2D eigenvalue weighted by molar-refractivity contribution is 8.00. The van der Waals surface area contributed by atoms with Crippen LogP contribution in [0.3, 0.4) is 0 Å². The molecule has 132 valence electrons. The van der Waals surface area contributed by atoms with E-state index < -0.39 is 0 Å². The molecular weight excluding hydrogens is 318 g/mol. The number of amides is 1. The Labute approximate surface area is 150 Å². The van der Waals surface area contributed by atoms with Crippen molar-refractivity contribution >= 4 is 23.4 Å². The molecule has 0 radical (unpaired) electrons. The number of benzene rings is 1. The molecule has 1 aromatic carbocycles. The third-order valence-electron chi connectivity index (χ3n) is 4.91. The Morgan fingerprint density at radius 3 is 2.83 bits per heavy atom. The van der Waals surface area contributed by atoms with Gasteiger partial charge in [0, 0.05) is 29.8 Å². The zero-order chi connectivity index (χ0) is 16.8. The number of piperidine rings is 1. The molecule has 1 fully saturated rings. The van der Waals surface area contributed by atoms with E-state index in [1.54, 1.807) is 0 Å². The van der Waals surface area contributed by atoms with Crippen LogP contribution in [0.1, 0.15) is 32.6 Å². The van der Waals surface area contributed by atoms with Gasteiger partial charge >= 0.3 is 0 Å². The number of para-hydroxylation sites is 1. The number of carbonyl (C=O) groups is 1. The zero-order valence-corrected chi connectivity index (χ0v) is 15.5. The van der Waals surface area contributed by atoms with E-state index in [-0.39, 0.29) is 5.91 Å². The molecule has 0 aromatic heterocycles. The quantitative estimate of drug-likeness (QED) is 0.858. The molecule has 1 aromatic rings. The maximum atomic E-state index is 12.4. The van der Waals surface area contributed by atoms with Gasteiger partial charge in [0.25, 0.3) is 0 Å². The number of nitrogens with one attached hydrogen (secondary N) is 1. The van der Waals surface area contributed by atoms with E-state index in [2.05, 4.69) is 46.3 Å². The summed E-state index contributed by atoms with van der Waals surface area (Å²) < 4.78 is 0. The Hall–Kier alpha value is -1.20.